The number of rotatable bonds is 5. The fraction of sp³-hybridized carbons (Fsp3) is 0.333. The highest BCUT2D eigenvalue weighted by Crippen LogP contribution is 2.19. The second-order valence-corrected chi connectivity index (χ2v) is 8.31. The number of nitrogens with zero attached hydrogens (tertiary/aromatic N) is 4. The molecular weight excluding hydrogens is 425 g/mol. The highest BCUT2D eigenvalue weighted by molar-refractivity contribution is 5.93. The number of anilines is 1. The van der Waals surface area contributed by atoms with Gasteiger partial charge < -0.3 is 10.2 Å². The number of carbonyl (C=O) groups excluding carboxylic acids is 2. The number of hydrogen-bond acceptors (Lipinski definition) is 5. The zero-order valence-corrected chi connectivity index (χ0v) is 18.7. The molecule has 4 rings (SSSR count). The average molecular weight is 452 g/mol. The highest BCUT2D eigenvalue weighted by atomic mass is 19.1. The van der Waals surface area contributed by atoms with Crippen LogP contribution in [0.4, 0.5) is 10.1 Å². The maximum absolute atomic E-state index is 13.5. The van der Waals surface area contributed by atoms with Gasteiger partial charge >= 0.3 is 0 Å². The van der Waals surface area contributed by atoms with Crippen LogP contribution in [-0.4, -0.2) is 63.9 Å². The molecular formula is C24H26FN5O3. The molecule has 0 radical (unpaired) electrons. The number of halogens is 1. The van der Waals surface area contributed by atoms with Gasteiger partial charge in [-0.05, 0) is 43.2 Å². The van der Waals surface area contributed by atoms with Crippen molar-refractivity contribution >= 4 is 28.4 Å². The molecule has 2 aromatic carbocycles. The minimum atomic E-state index is -0.525. The van der Waals surface area contributed by atoms with E-state index < -0.39 is 11.4 Å². The van der Waals surface area contributed by atoms with E-state index >= 15 is 0 Å². The third-order valence-corrected chi connectivity index (χ3v) is 5.93. The summed E-state index contributed by atoms with van der Waals surface area (Å²) in [6.45, 7) is 6.03. The van der Waals surface area contributed by atoms with Crippen LogP contribution < -0.4 is 10.9 Å². The Morgan fingerprint density at radius 3 is 2.42 bits per heavy atom. The van der Waals surface area contributed by atoms with Crippen LogP contribution in [0.25, 0.3) is 10.9 Å². The van der Waals surface area contributed by atoms with Gasteiger partial charge in [-0.15, -0.1) is 0 Å². The van der Waals surface area contributed by atoms with Crippen molar-refractivity contribution in [2.24, 2.45) is 0 Å². The van der Waals surface area contributed by atoms with Crippen molar-refractivity contribution < 1.29 is 14.0 Å². The molecule has 3 aromatic rings. The van der Waals surface area contributed by atoms with E-state index in [0.717, 1.165) is 22.9 Å². The molecule has 0 saturated carbocycles. The first-order chi connectivity index (χ1) is 15.8. The van der Waals surface area contributed by atoms with Crippen LogP contribution in [0.5, 0.6) is 0 Å². The van der Waals surface area contributed by atoms with E-state index in [9.17, 15) is 18.8 Å². The first kappa shape index (κ1) is 22.6. The van der Waals surface area contributed by atoms with E-state index in [4.69, 9.17) is 0 Å². The number of para-hydroxylation sites is 1. The first-order valence-electron chi connectivity index (χ1n) is 10.8. The molecule has 0 spiro atoms. The highest BCUT2D eigenvalue weighted by Gasteiger charge is 2.23. The molecule has 1 fully saturated rings. The second-order valence-electron chi connectivity index (χ2n) is 8.31. The fourth-order valence-electron chi connectivity index (χ4n) is 4.04. The minimum Gasteiger partial charge on any atom is -0.339 e. The smallest absolute Gasteiger partial charge is 0.261 e. The number of nitrogens with one attached hydrogen (secondary N) is 1. The van der Waals surface area contributed by atoms with E-state index in [1.807, 2.05) is 36.9 Å². The minimum absolute atomic E-state index is 0.0896. The molecule has 0 bridgehead atoms. The predicted octanol–water partition coefficient (Wildman–Crippen LogP) is 1.94. The van der Waals surface area contributed by atoms with E-state index in [1.54, 1.807) is 4.90 Å². The predicted molar refractivity (Wildman–Crippen MR) is 124 cm³/mol. The molecule has 33 heavy (non-hydrogen) atoms. The van der Waals surface area contributed by atoms with Crippen LogP contribution in [0.15, 0.2) is 47.5 Å². The summed E-state index contributed by atoms with van der Waals surface area (Å²) in [7, 11) is 0. The second kappa shape index (κ2) is 9.50. The van der Waals surface area contributed by atoms with Crippen LogP contribution in [-0.2, 0) is 16.1 Å². The van der Waals surface area contributed by atoms with Crippen LogP contribution in [0.3, 0.4) is 0 Å². The summed E-state index contributed by atoms with van der Waals surface area (Å²) >= 11 is 0. The summed E-state index contributed by atoms with van der Waals surface area (Å²) in [5.41, 5.74) is 2.80. The van der Waals surface area contributed by atoms with Crippen molar-refractivity contribution in [1.29, 1.82) is 0 Å². The molecule has 0 aliphatic carbocycles. The van der Waals surface area contributed by atoms with Gasteiger partial charge in [-0.25, -0.2) is 9.37 Å². The van der Waals surface area contributed by atoms with Crippen molar-refractivity contribution in [3.63, 3.8) is 0 Å². The van der Waals surface area contributed by atoms with Crippen LogP contribution in [0.2, 0.25) is 0 Å². The molecule has 2 amide bonds. The molecule has 0 atom stereocenters. The molecule has 1 aromatic heterocycles. The Labute approximate surface area is 190 Å². The molecule has 0 unspecified atom stereocenters. The normalized spacial score (nSPS) is 14.5. The first-order valence-corrected chi connectivity index (χ1v) is 10.8. The summed E-state index contributed by atoms with van der Waals surface area (Å²) < 4.78 is 14.7. The van der Waals surface area contributed by atoms with E-state index in [2.05, 4.69) is 10.3 Å². The van der Waals surface area contributed by atoms with Gasteiger partial charge in [-0.2, -0.15) is 0 Å². The maximum atomic E-state index is 13.5. The standard InChI is InChI=1S/C24H26FN5O3/c1-16-4-3-5-17(2)23(16)27-21(31)13-28-8-10-29(11-9-28)22(32)14-30-15-26-20-7-6-18(25)12-19(20)24(30)33/h3-7,12,15H,8-11,13-14H2,1-2H3,(H,27,31). The molecule has 1 aliphatic heterocycles. The van der Waals surface area contributed by atoms with Gasteiger partial charge in [0.05, 0.1) is 23.8 Å². The van der Waals surface area contributed by atoms with Crippen molar-refractivity contribution in [2.75, 3.05) is 38.0 Å². The Hall–Kier alpha value is -3.59. The molecule has 1 N–H and O–H groups in total. The zero-order chi connectivity index (χ0) is 23.5. The van der Waals surface area contributed by atoms with Gasteiger partial charge in [-0.1, -0.05) is 18.2 Å². The summed E-state index contributed by atoms with van der Waals surface area (Å²) in [6, 6.07) is 9.69. The number of benzene rings is 2. The number of carbonyl (C=O) groups is 2. The molecule has 9 heteroatoms. The largest absolute Gasteiger partial charge is 0.339 e. The Morgan fingerprint density at radius 2 is 1.73 bits per heavy atom. The summed E-state index contributed by atoms with van der Waals surface area (Å²) in [5.74, 6) is -0.828. The van der Waals surface area contributed by atoms with Crippen molar-refractivity contribution in [3.8, 4) is 0 Å². The van der Waals surface area contributed by atoms with Gasteiger partial charge in [0.2, 0.25) is 11.8 Å². The summed E-state index contributed by atoms with van der Waals surface area (Å²) in [6.07, 6.45) is 1.31. The lowest BCUT2D eigenvalue weighted by molar-refractivity contribution is -0.133. The van der Waals surface area contributed by atoms with Crippen LogP contribution in [0, 0.1) is 19.7 Å². The SMILES string of the molecule is Cc1cccc(C)c1NC(=O)CN1CCN(C(=O)Cn2cnc3ccc(F)cc3c2=O)CC1. The molecule has 1 saturated heterocycles. The van der Waals surface area contributed by atoms with Gasteiger partial charge in [0.25, 0.3) is 5.56 Å². The maximum Gasteiger partial charge on any atom is 0.261 e. The molecule has 2 heterocycles. The lowest BCUT2D eigenvalue weighted by Crippen LogP contribution is -2.51. The monoisotopic (exact) mass is 451 g/mol. The number of aryl methyl sites for hydroxylation is 2. The number of amides is 2. The van der Waals surface area contributed by atoms with Crippen molar-refractivity contribution in [2.45, 2.75) is 20.4 Å². The number of hydrogen-bond donors (Lipinski definition) is 1. The van der Waals surface area contributed by atoms with Crippen LogP contribution in [0.1, 0.15) is 11.1 Å². The zero-order valence-electron chi connectivity index (χ0n) is 18.7. The Balaban J connectivity index is 1.32. The van der Waals surface area contributed by atoms with E-state index in [0.29, 0.717) is 31.7 Å². The van der Waals surface area contributed by atoms with Gasteiger partial charge in [0, 0.05) is 31.9 Å². The molecule has 1 aliphatic rings. The topological polar surface area (TPSA) is 87.5 Å². The molecule has 8 nitrogen and oxygen atoms in total. The van der Waals surface area contributed by atoms with E-state index in [-0.39, 0.29) is 30.3 Å². The lowest BCUT2D eigenvalue weighted by Gasteiger charge is -2.34. The Morgan fingerprint density at radius 1 is 1.03 bits per heavy atom. The summed E-state index contributed by atoms with van der Waals surface area (Å²) in [4.78, 5) is 45.7. The lowest BCUT2D eigenvalue weighted by atomic mass is 10.1. The van der Waals surface area contributed by atoms with Crippen LogP contribution >= 0.6 is 0 Å². The summed E-state index contributed by atoms with van der Waals surface area (Å²) in [5, 5.41) is 3.13. The van der Waals surface area contributed by atoms with Crippen molar-refractivity contribution in [3.05, 3.63) is 70.0 Å². The Bertz CT molecular complexity index is 1240. The number of piperazine rings is 1. The van der Waals surface area contributed by atoms with Gasteiger partial charge in [-0.3, -0.25) is 23.9 Å². The Kier molecular flexibility index (Phi) is 6.50. The number of fused-ring (bicyclic) bond motifs is 1. The average Bonchev–Trinajstić information content (AvgIpc) is 2.79. The van der Waals surface area contributed by atoms with Gasteiger partial charge in [0.1, 0.15) is 12.4 Å². The molecule has 172 valence electrons. The van der Waals surface area contributed by atoms with Gasteiger partial charge in [0.15, 0.2) is 0 Å². The third-order valence-electron chi connectivity index (χ3n) is 5.93. The fourth-order valence-corrected chi connectivity index (χ4v) is 4.04. The van der Waals surface area contributed by atoms with E-state index in [1.165, 1.54) is 23.0 Å². The van der Waals surface area contributed by atoms with Crippen molar-refractivity contribution in [1.82, 2.24) is 19.4 Å². The quantitative estimate of drug-likeness (QED) is 0.641. The number of aromatic nitrogens is 2. The third kappa shape index (κ3) is 5.09.